The van der Waals surface area contributed by atoms with E-state index in [-0.39, 0.29) is 11.8 Å². The van der Waals surface area contributed by atoms with Crippen LogP contribution in [0.1, 0.15) is 33.2 Å². The number of nitrogens with zero attached hydrogens (tertiary/aromatic N) is 1. The van der Waals surface area contributed by atoms with E-state index >= 15 is 0 Å². The zero-order valence-electron chi connectivity index (χ0n) is 16.8. The van der Waals surface area contributed by atoms with Crippen LogP contribution < -0.4 is 19.7 Å². The molecule has 6 nitrogen and oxygen atoms in total. The molecule has 1 N–H and O–H groups in total. The molecule has 2 amide bonds. The lowest BCUT2D eigenvalue weighted by Crippen LogP contribution is -2.30. The highest BCUT2D eigenvalue weighted by Gasteiger charge is 2.27. The Morgan fingerprint density at radius 2 is 1.80 bits per heavy atom. The number of ether oxygens (including phenoxy) is 2. The molecule has 1 aliphatic heterocycles. The summed E-state index contributed by atoms with van der Waals surface area (Å²) in [5, 5.41) is 2.91. The number of nitrogens with one attached hydrogen (secondary N) is 1. The van der Waals surface area contributed by atoms with Crippen LogP contribution in [0, 0.1) is 0 Å². The molecule has 1 heterocycles. The van der Waals surface area contributed by atoms with E-state index in [1.54, 1.807) is 42.3 Å². The lowest BCUT2D eigenvalue weighted by Gasteiger charge is -2.20. The standard InChI is InChI=1S/C24H22N2O4/c1-3-26-20-14-17(23(27)25-15-16-8-11-18(29-2)12-9-16)10-13-22(20)30-21-7-5-4-6-19(21)24(26)28/h4-14H,3,15H2,1-2H3,(H,25,27). The highest BCUT2D eigenvalue weighted by atomic mass is 16.5. The van der Waals surface area contributed by atoms with Gasteiger partial charge in [-0.3, -0.25) is 9.59 Å². The number of rotatable bonds is 5. The Hall–Kier alpha value is -3.80. The van der Waals surface area contributed by atoms with Gasteiger partial charge >= 0.3 is 0 Å². The van der Waals surface area contributed by atoms with Crippen molar-refractivity contribution in [3.8, 4) is 17.2 Å². The van der Waals surface area contributed by atoms with E-state index < -0.39 is 0 Å². The first kappa shape index (κ1) is 19.5. The van der Waals surface area contributed by atoms with Gasteiger partial charge in [0.25, 0.3) is 11.8 Å². The van der Waals surface area contributed by atoms with Gasteiger partial charge in [0.05, 0.1) is 18.4 Å². The fourth-order valence-electron chi connectivity index (χ4n) is 3.40. The molecule has 0 spiro atoms. The molecule has 3 aromatic carbocycles. The maximum absolute atomic E-state index is 13.0. The van der Waals surface area contributed by atoms with E-state index in [0.29, 0.717) is 41.4 Å². The minimum Gasteiger partial charge on any atom is -0.497 e. The summed E-state index contributed by atoms with van der Waals surface area (Å²) in [7, 11) is 1.61. The molecule has 0 bridgehead atoms. The highest BCUT2D eigenvalue weighted by molar-refractivity contribution is 6.10. The quantitative estimate of drug-likeness (QED) is 0.687. The second-order valence-electron chi connectivity index (χ2n) is 6.86. The molecule has 0 aliphatic carbocycles. The Labute approximate surface area is 175 Å². The van der Waals surface area contributed by atoms with Gasteiger partial charge in [0.2, 0.25) is 0 Å². The number of anilines is 1. The Morgan fingerprint density at radius 3 is 2.53 bits per heavy atom. The second kappa shape index (κ2) is 8.29. The molecule has 30 heavy (non-hydrogen) atoms. The molecule has 0 saturated heterocycles. The lowest BCUT2D eigenvalue weighted by atomic mass is 10.1. The number of methoxy groups -OCH3 is 1. The Bertz CT molecular complexity index is 1090. The summed E-state index contributed by atoms with van der Waals surface area (Å²) in [5.41, 5.74) is 2.50. The lowest BCUT2D eigenvalue weighted by molar-refractivity contribution is 0.0948. The van der Waals surface area contributed by atoms with Crippen LogP contribution in [-0.2, 0) is 6.54 Å². The van der Waals surface area contributed by atoms with Gasteiger partial charge in [-0.2, -0.15) is 0 Å². The number of hydrogen-bond donors (Lipinski definition) is 1. The number of amides is 2. The molecule has 4 rings (SSSR count). The number of carbonyl (C=O) groups excluding carboxylic acids is 2. The highest BCUT2D eigenvalue weighted by Crippen LogP contribution is 2.39. The molecule has 0 radical (unpaired) electrons. The average Bonchev–Trinajstić information content (AvgIpc) is 2.91. The van der Waals surface area contributed by atoms with Crippen LogP contribution in [0.25, 0.3) is 0 Å². The van der Waals surface area contributed by atoms with Crippen LogP contribution in [0.5, 0.6) is 17.2 Å². The number of para-hydroxylation sites is 1. The van der Waals surface area contributed by atoms with Crippen molar-refractivity contribution in [2.75, 3.05) is 18.6 Å². The molecule has 0 atom stereocenters. The largest absolute Gasteiger partial charge is 0.497 e. The Morgan fingerprint density at radius 1 is 1.03 bits per heavy atom. The number of carbonyl (C=O) groups is 2. The molecule has 6 heteroatoms. The van der Waals surface area contributed by atoms with Crippen molar-refractivity contribution in [3.63, 3.8) is 0 Å². The monoisotopic (exact) mass is 402 g/mol. The van der Waals surface area contributed by atoms with E-state index in [2.05, 4.69) is 5.32 Å². The second-order valence-corrected chi connectivity index (χ2v) is 6.86. The molecule has 1 aliphatic rings. The molecular formula is C24H22N2O4. The Kier molecular flexibility index (Phi) is 5.39. The minimum atomic E-state index is -0.223. The minimum absolute atomic E-state index is 0.150. The predicted octanol–water partition coefficient (Wildman–Crippen LogP) is 4.40. The third-order valence-corrected chi connectivity index (χ3v) is 5.02. The van der Waals surface area contributed by atoms with E-state index in [1.807, 2.05) is 43.3 Å². The van der Waals surface area contributed by atoms with Crippen LogP contribution in [-0.4, -0.2) is 25.5 Å². The first-order valence-corrected chi connectivity index (χ1v) is 9.74. The van der Waals surface area contributed by atoms with Gasteiger partial charge in [0, 0.05) is 18.7 Å². The normalized spacial score (nSPS) is 12.3. The summed E-state index contributed by atoms with van der Waals surface area (Å²) in [5.74, 6) is 1.45. The van der Waals surface area contributed by atoms with Gasteiger partial charge in [-0.15, -0.1) is 0 Å². The van der Waals surface area contributed by atoms with E-state index in [1.165, 1.54) is 0 Å². The first-order chi connectivity index (χ1) is 14.6. The molecule has 0 saturated carbocycles. The van der Waals surface area contributed by atoms with Crippen molar-refractivity contribution in [1.29, 1.82) is 0 Å². The van der Waals surface area contributed by atoms with Crippen LogP contribution in [0.3, 0.4) is 0 Å². The third kappa shape index (κ3) is 3.72. The molecule has 3 aromatic rings. The topological polar surface area (TPSA) is 67.9 Å². The summed E-state index contributed by atoms with van der Waals surface area (Å²) in [6, 6.07) is 19.8. The fourth-order valence-corrected chi connectivity index (χ4v) is 3.40. The summed E-state index contributed by atoms with van der Waals surface area (Å²) in [6.45, 7) is 2.74. The Balaban J connectivity index is 1.57. The van der Waals surface area contributed by atoms with Crippen molar-refractivity contribution >= 4 is 17.5 Å². The van der Waals surface area contributed by atoms with Crippen LogP contribution in [0.4, 0.5) is 5.69 Å². The van der Waals surface area contributed by atoms with Crippen LogP contribution >= 0.6 is 0 Å². The maximum Gasteiger partial charge on any atom is 0.262 e. The van der Waals surface area contributed by atoms with Crippen LogP contribution in [0.2, 0.25) is 0 Å². The van der Waals surface area contributed by atoms with Crippen molar-refractivity contribution in [1.82, 2.24) is 5.32 Å². The smallest absolute Gasteiger partial charge is 0.262 e. The number of fused-ring (bicyclic) bond motifs is 2. The van der Waals surface area contributed by atoms with E-state index in [9.17, 15) is 9.59 Å². The van der Waals surface area contributed by atoms with Crippen molar-refractivity contribution in [3.05, 3.63) is 83.4 Å². The summed E-state index contributed by atoms with van der Waals surface area (Å²) < 4.78 is 11.1. The summed E-state index contributed by atoms with van der Waals surface area (Å²) in [6.07, 6.45) is 0. The summed E-state index contributed by atoms with van der Waals surface area (Å²) in [4.78, 5) is 27.4. The van der Waals surface area contributed by atoms with Crippen molar-refractivity contribution in [2.45, 2.75) is 13.5 Å². The van der Waals surface area contributed by atoms with Gasteiger partial charge in [-0.1, -0.05) is 24.3 Å². The van der Waals surface area contributed by atoms with E-state index in [0.717, 1.165) is 11.3 Å². The number of benzene rings is 3. The van der Waals surface area contributed by atoms with Gasteiger partial charge in [-0.25, -0.2) is 0 Å². The maximum atomic E-state index is 13.0. The first-order valence-electron chi connectivity index (χ1n) is 9.74. The molecular weight excluding hydrogens is 380 g/mol. The van der Waals surface area contributed by atoms with Gasteiger partial charge in [-0.05, 0) is 55.0 Å². The molecule has 0 unspecified atom stereocenters. The molecule has 0 fully saturated rings. The van der Waals surface area contributed by atoms with Gasteiger partial charge in [0.1, 0.15) is 11.5 Å². The number of hydrogen-bond acceptors (Lipinski definition) is 4. The zero-order chi connectivity index (χ0) is 21.1. The van der Waals surface area contributed by atoms with Gasteiger partial charge in [0.15, 0.2) is 5.75 Å². The van der Waals surface area contributed by atoms with Crippen molar-refractivity contribution < 1.29 is 19.1 Å². The molecule has 0 aromatic heterocycles. The van der Waals surface area contributed by atoms with E-state index in [4.69, 9.17) is 9.47 Å². The SMILES string of the molecule is CCN1C(=O)c2ccccc2Oc2ccc(C(=O)NCc3ccc(OC)cc3)cc21. The van der Waals surface area contributed by atoms with Crippen molar-refractivity contribution in [2.24, 2.45) is 0 Å². The average molecular weight is 402 g/mol. The predicted molar refractivity (Wildman–Crippen MR) is 114 cm³/mol. The zero-order valence-corrected chi connectivity index (χ0v) is 16.8. The van der Waals surface area contributed by atoms with Gasteiger partial charge < -0.3 is 19.7 Å². The summed E-state index contributed by atoms with van der Waals surface area (Å²) >= 11 is 0. The third-order valence-electron chi connectivity index (χ3n) is 5.02. The fraction of sp³-hybridized carbons (Fsp3) is 0.167. The molecule has 152 valence electrons. The van der Waals surface area contributed by atoms with Crippen LogP contribution in [0.15, 0.2) is 66.7 Å².